The quantitative estimate of drug-likeness (QED) is 0.424. The second kappa shape index (κ2) is 7.98. The Balaban J connectivity index is 1.89. The molecule has 8 heteroatoms. The van der Waals surface area contributed by atoms with E-state index in [0.29, 0.717) is 12.1 Å². The molecule has 1 aromatic carbocycles. The van der Waals surface area contributed by atoms with Crippen molar-refractivity contribution in [1.82, 2.24) is 4.90 Å². The van der Waals surface area contributed by atoms with Crippen molar-refractivity contribution in [3.05, 3.63) is 29.8 Å². The monoisotopic (exact) mass is 449 g/mol. The SMILES string of the molecule is CCI1CCN(C(O)Cc2ccc(OC(F)(F)F)cc2)C[C@H]1F. The zero-order chi connectivity index (χ0) is 17.0. The molecule has 0 radical (unpaired) electrons. The zero-order valence-electron chi connectivity index (χ0n) is 12.7. The van der Waals surface area contributed by atoms with E-state index in [9.17, 15) is 22.7 Å². The first kappa shape index (κ1) is 18.7. The molecule has 2 atom stereocenters. The molecule has 0 amide bonds. The number of halogens is 5. The number of benzene rings is 1. The first-order chi connectivity index (χ1) is 10.8. The van der Waals surface area contributed by atoms with Crippen LogP contribution in [0.25, 0.3) is 0 Å². The van der Waals surface area contributed by atoms with Crippen LogP contribution in [0.5, 0.6) is 5.75 Å². The van der Waals surface area contributed by atoms with Crippen molar-refractivity contribution < 1.29 is 27.4 Å². The fraction of sp³-hybridized carbons (Fsp3) is 0.600. The van der Waals surface area contributed by atoms with Gasteiger partial charge in [0.15, 0.2) is 0 Å². The fourth-order valence-electron chi connectivity index (χ4n) is 2.44. The molecule has 132 valence electrons. The molecule has 23 heavy (non-hydrogen) atoms. The van der Waals surface area contributed by atoms with Crippen LogP contribution in [0.1, 0.15) is 12.5 Å². The number of alkyl halides is 7. The molecule has 0 saturated carbocycles. The Labute approximate surface area is 140 Å². The second-order valence-electron chi connectivity index (χ2n) is 5.22. The van der Waals surface area contributed by atoms with Gasteiger partial charge in [-0.25, -0.2) is 0 Å². The van der Waals surface area contributed by atoms with E-state index in [4.69, 9.17) is 0 Å². The summed E-state index contributed by atoms with van der Waals surface area (Å²) in [6, 6.07) is 5.38. The molecule has 1 fully saturated rings. The Morgan fingerprint density at radius 3 is 2.52 bits per heavy atom. The Kier molecular flexibility index (Phi) is 6.49. The van der Waals surface area contributed by atoms with Crippen LogP contribution in [0.15, 0.2) is 24.3 Å². The summed E-state index contributed by atoms with van der Waals surface area (Å²) in [5, 5.41) is 10.2. The van der Waals surface area contributed by atoms with Gasteiger partial charge in [-0.2, -0.15) is 0 Å². The van der Waals surface area contributed by atoms with Crippen LogP contribution in [0.4, 0.5) is 17.6 Å². The van der Waals surface area contributed by atoms with Crippen LogP contribution in [0.2, 0.25) is 0 Å². The topological polar surface area (TPSA) is 32.7 Å². The summed E-state index contributed by atoms with van der Waals surface area (Å²) in [6.45, 7) is 2.97. The summed E-state index contributed by atoms with van der Waals surface area (Å²) < 4.78 is 55.1. The predicted octanol–water partition coefficient (Wildman–Crippen LogP) is 3.58. The number of nitrogens with zero attached hydrogens (tertiary/aromatic N) is 1. The van der Waals surface area contributed by atoms with Crippen molar-refractivity contribution in [3.63, 3.8) is 0 Å². The van der Waals surface area contributed by atoms with Gasteiger partial charge in [0.25, 0.3) is 0 Å². The molecule has 1 heterocycles. The third kappa shape index (κ3) is 5.75. The number of hydrogen-bond acceptors (Lipinski definition) is 3. The molecule has 1 aliphatic heterocycles. The minimum atomic E-state index is -4.72. The molecule has 1 unspecified atom stereocenters. The van der Waals surface area contributed by atoms with Crippen molar-refractivity contribution in [2.45, 2.75) is 30.1 Å². The van der Waals surface area contributed by atoms with Crippen LogP contribution in [0.3, 0.4) is 0 Å². The average Bonchev–Trinajstić information content (AvgIpc) is 2.47. The fourth-order valence-corrected chi connectivity index (χ4v) is 7.14. The third-order valence-electron chi connectivity index (χ3n) is 3.66. The van der Waals surface area contributed by atoms with Crippen LogP contribution in [-0.2, 0) is 6.42 Å². The summed E-state index contributed by atoms with van der Waals surface area (Å²) in [4.78, 5) is 1.72. The van der Waals surface area contributed by atoms with Crippen LogP contribution >= 0.6 is 19.8 Å². The predicted molar refractivity (Wildman–Crippen MR) is 88.7 cm³/mol. The number of rotatable bonds is 5. The molecular weight excluding hydrogens is 429 g/mol. The molecule has 3 nitrogen and oxygen atoms in total. The van der Waals surface area contributed by atoms with Gasteiger partial charge in [0.05, 0.1) is 0 Å². The third-order valence-corrected chi connectivity index (χ3v) is 9.79. The molecule has 0 aliphatic carbocycles. The zero-order valence-corrected chi connectivity index (χ0v) is 14.8. The first-order valence-corrected chi connectivity index (χ1v) is 11.6. The molecule has 1 aliphatic rings. The first-order valence-electron chi connectivity index (χ1n) is 7.29. The van der Waals surface area contributed by atoms with Gasteiger partial charge in [0.2, 0.25) is 0 Å². The van der Waals surface area contributed by atoms with Gasteiger partial charge in [-0.05, 0) is 0 Å². The number of aliphatic hydroxyl groups excluding tert-OH is 1. The summed E-state index contributed by atoms with van der Waals surface area (Å²) in [5.41, 5.74) is 0.679. The summed E-state index contributed by atoms with van der Waals surface area (Å²) in [6.07, 6.45) is -5.29. The van der Waals surface area contributed by atoms with E-state index >= 15 is 0 Å². The normalized spacial score (nSPS) is 22.9. The molecule has 2 rings (SSSR count). The molecular formula is C15H20F4INO2. The maximum absolute atomic E-state index is 14.0. The molecule has 1 aromatic rings. The Morgan fingerprint density at radius 2 is 2.00 bits per heavy atom. The number of hydrogen-bond donors (Lipinski definition) is 1. The van der Waals surface area contributed by atoms with Gasteiger partial charge in [-0.15, -0.1) is 0 Å². The summed E-state index contributed by atoms with van der Waals surface area (Å²) in [5.74, 6) is -0.296. The van der Waals surface area contributed by atoms with Gasteiger partial charge in [0, 0.05) is 0 Å². The van der Waals surface area contributed by atoms with Crippen molar-refractivity contribution in [3.8, 4) is 5.75 Å². The Hall–Kier alpha value is -0.610. The van der Waals surface area contributed by atoms with Crippen molar-refractivity contribution >= 4 is 19.8 Å². The van der Waals surface area contributed by atoms with Crippen LogP contribution in [-0.4, -0.2) is 48.7 Å². The van der Waals surface area contributed by atoms with E-state index in [2.05, 4.69) is 4.74 Å². The summed E-state index contributed by atoms with van der Waals surface area (Å²) >= 11 is -1.51. The van der Waals surface area contributed by atoms with E-state index in [1.54, 1.807) is 4.90 Å². The van der Waals surface area contributed by atoms with E-state index in [0.717, 1.165) is 8.86 Å². The second-order valence-corrected chi connectivity index (χ2v) is 12.0. The van der Waals surface area contributed by atoms with Gasteiger partial charge >= 0.3 is 140 Å². The average molecular weight is 449 g/mol. The molecule has 1 N–H and O–H groups in total. The van der Waals surface area contributed by atoms with Gasteiger partial charge in [-0.3, -0.25) is 0 Å². The number of aliphatic hydroxyl groups is 1. The van der Waals surface area contributed by atoms with Crippen molar-refractivity contribution in [2.75, 3.05) is 21.9 Å². The standard InChI is InChI=1S/C15H20F4INO2/c1-2-20-7-8-21(10-13(20)16)14(22)9-11-3-5-12(6-4-11)23-15(17,18)19/h3-6,13-14,22H,2,7-10H2,1H3/t13-,14?/m0/s1. The van der Waals surface area contributed by atoms with Crippen LogP contribution < -0.4 is 4.74 Å². The van der Waals surface area contributed by atoms with E-state index in [1.165, 1.54) is 24.3 Å². The Morgan fingerprint density at radius 1 is 1.35 bits per heavy atom. The summed E-state index contributed by atoms with van der Waals surface area (Å²) in [7, 11) is 0. The van der Waals surface area contributed by atoms with E-state index in [1.807, 2.05) is 6.92 Å². The molecule has 0 bridgehead atoms. The maximum atomic E-state index is 14.0. The van der Waals surface area contributed by atoms with Gasteiger partial charge in [0.1, 0.15) is 0 Å². The minimum absolute atomic E-state index is 0.249. The van der Waals surface area contributed by atoms with E-state index in [-0.39, 0.29) is 18.7 Å². The van der Waals surface area contributed by atoms with Crippen molar-refractivity contribution in [2.24, 2.45) is 0 Å². The van der Waals surface area contributed by atoms with Crippen molar-refractivity contribution in [1.29, 1.82) is 0 Å². The van der Waals surface area contributed by atoms with Crippen LogP contribution in [0, 0.1) is 0 Å². The van der Waals surface area contributed by atoms with Gasteiger partial charge < -0.3 is 0 Å². The van der Waals surface area contributed by atoms with Gasteiger partial charge in [-0.1, -0.05) is 0 Å². The Bertz CT molecular complexity index is 497. The molecule has 1 saturated heterocycles. The molecule has 0 aromatic heterocycles. The number of ether oxygens (including phenoxy) is 1. The van der Waals surface area contributed by atoms with E-state index < -0.39 is 36.6 Å². The molecule has 0 spiro atoms.